The van der Waals surface area contributed by atoms with Crippen LogP contribution < -0.4 is 5.32 Å². The Balaban J connectivity index is 2.06. The van der Waals surface area contributed by atoms with E-state index in [4.69, 9.17) is 0 Å². The summed E-state index contributed by atoms with van der Waals surface area (Å²) in [4.78, 5) is 11.2. The van der Waals surface area contributed by atoms with E-state index in [-0.39, 0.29) is 6.04 Å². The molecule has 1 N–H and O–H groups in total. The smallest absolute Gasteiger partial charge is 0.142 e. The van der Waals surface area contributed by atoms with Gasteiger partial charge < -0.3 is 10.1 Å². The Hall–Kier alpha value is -1.57. The maximum Gasteiger partial charge on any atom is 0.142 e. The van der Waals surface area contributed by atoms with Crippen LogP contribution >= 0.6 is 0 Å². The molecule has 0 fully saturated rings. The second-order valence-corrected chi connectivity index (χ2v) is 5.66. The fourth-order valence-electron chi connectivity index (χ4n) is 3.15. The van der Waals surface area contributed by atoms with Crippen molar-refractivity contribution in [3.63, 3.8) is 0 Å². The van der Waals surface area contributed by atoms with Crippen LogP contribution in [-0.4, -0.2) is 12.3 Å². The van der Waals surface area contributed by atoms with Gasteiger partial charge in [-0.2, -0.15) is 0 Å². The molecule has 94 valence electrons. The standard InChI is InChI=1S/C16H19NO/c1-10(2)11-6-7-15-14(8-11)12-4-3-5-13(12)16(9-18)17-15/h3-4,6-10,12-13,16-17H,5H2,1-2H3. The van der Waals surface area contributed by atoms with Gasteiger partial charge in [-0.15, -0.1) is 0 Å². The third-order valence-electron chi connectivity index (χ3n) is 4.24. The predicted octanol–water partition coefficient (Wildman–Crippen LogP) is 3.46. The summed E-state index contributed by atoms with van der Waals surface area (Å²) in [5, 5.41) is 3.38. The van der Waals surface area contributed by atoms with Crippen molar-refractivity contribution >= 4 is 12.0 Å². The molecule has 2 aliphatic rings. The lowest BCUT2D eigenvalue weighted by atomic mass is 9.79. The number of carbonyl (C=O) groups excluding carboxylic acids is 1. The highest BCUT2D eigenvalue weighted by atomic mass is 16.1. The highest BCUT2D eigenvalue weighted by Gasteiger charge is 2.36. The molecule has 1 aliphatic heterocycles. The van der Waals surface area contributed by atoms with Gasteiger partial charge in [0.25, 0.3) is 0 Å². The molecule has 0 amide bonds. The number of allylic oxidation sites excluding steroid dienone is 2. The number of aldehydes is 1. The normalized spacial score (nSPS) is 28.7. The van der Waals surface area contributed by atoms with Crippen molar-refractivity contribution in [2.45, 2.75) is 38.1 Å². The van der Waals surface area contributed by atoms with Crippen molar-refractivity contribution in [3.05, 3.63) is 41.5 Å². The Kier molecular flexibility index (Phi) is 2.73. The Morgan fingerprint density at radius 1 is 1.39 bits per heavy atom. The van der Waals surface area contributed by atoms with Crippen LogP contribution in [-0.2, 0) is 4.79 Å². The van der Waals surface area contributed by atoms with E-state index >= 15 is 0 Å². The van der Waals surface area contributed by atoms with Crippen LogP contribution in [0.25, 0.3) is 0 Å². The average Bonchev–Trinajstić information content (AvgIpc) is 2.86. The Labute approximate surface area is 108 Å². The average molecular weight is 241 g/mol. The van der Waals surface area contributed by atoms with E-state index < -0.39 is 0 Å². The SMILES string of the molecule is CC(C)c1ccc2c(c1)C1C=CCC1C(C=O)N2. The third-order valence-corrected chi connectivity index (χ3v) is 4.24. The molecule has 3 rings (SSSR count). The number of carbonyl (C=O) groups is 1. The number of hydrogen-bond donors (Lipinski definition) is 1. The van der Waals surface area contributed by atoms with E-state index in [9.17, 15) is 4.79 Å². The lowest BCUT2D eigenvalue weighted by Gasteiger charge is -2.34. The first kappa shape index (κ1) is 11.5. The van der Waals surface area contributed by atoms with Gasteiger partial charge in [0.2, 0.25) is 0 Å². The van der Waals surface area contributed by atoms with Gasteiger partial charge in [-0.25, -0.2) is 0 Å². The van der Waals surface area contributed by atoms with Gasteiger partial charge in [0, 0.05) is 11.6 Å². The third kappa shape index (κ3) is 1.67. The summed E-state index contributed by atoms with van der Waals surface area (Å²) in [6.45, 7) is 4.43. The maximum absolute atomic E-state index is 11.2. The molecular weight excluding hydrogens is 222 g/mol. The van der Waals surface area contributed by atoms with E-state index in [1.807, 2.05) is 0 Å². The number of benzene rings is 1. The molecule has 2 nitrogen and oxygen atoms in total. The molecule has 3 atom stereocenters. The fourth-order valence-corrected chi connectivity index (χ4v) is 3.15. The molecular formula is C16H19NO. The summed E-state index contributed by atoms with van der Waals surface area (Å²) < 4.78 is 0. The summed E-state index contributed by atoms with van der Waals surface area (Å²) >= 11 is 0. The lowest BCUT2D eigenvalue weighted by Crippen LogP contribution is -2.36. The van der Waals surface area contributed by atoms with Crippen molar-refractivity contribution < 1.29 is 4.79 Å². The number of anilines is 1. The van der Waals surface area contributed by atoms with E-state index in [1.165, 1.54) is 11.1 Å². The van der Waals surface area contributed by atoms with E-state index in [0.29, 0.717) is 17.8 Å². The molecule has 0 radical (unpaired) electrons. The minimum Gasteiger partial charge on any atom is -0.375 e. The minimum absolute atomic E-state index is 0.0394. The first-order chi connectivity index (χ1) is 8.70. The molecule has 18 heavy (non-hydrogen) atoms. The van der Waals surface area contributed by atoms with Gasteiger partial charge in [0.15, 0.2) is 0 Å². The Morgan fingerprint density at radius 2 is 2.22 bits per heavy atom. The van der Waals surface area contributed by atoms with Crippen LogP contribution in [0.1, 0.15) is 43.2 Å². The molecule has 0 saturated heterocycles. The van der Waals surface area contributed by atoms with Crippen LogP contribution in [0.3, 0.4) is 0 Å². The van der Waals surface area contributed by atoms with Gasteiger partial charge in [-0.3, -0.25) is 0 Å². The highest BCUT2D eigenvalue weighted by molar-refractivity contribution is 5.71. The van der Waals surface area contributed by atoms with Gasteiger partial charge >= 0.3 is 0 Å². The van der Waals surface area contributed by atoms with Crippen molar-refractivity contribution in [2.75, 3.05) is 5.32 Å². The first-order valence-electron chi connectivity index (χ1n) is 6.73. The van der Waals surface area contributed by atoms with Crippen molar-refractivity contribution in [1.82, 2.24) is 0 Å². The largest absolute Gasteiger partial charge is 0.375 e. The summed E-state index contributed by atoms with van der Waals surface area (Å²) in [6, 6.07) is 6.56. The van der Waals surface area contributed by atoms with Crippen molar-refractivity contribution in [3.8, 4) is 0 Å². The van der Waals surface area contributed by atoms with Crippen LogP contribution in [0, 0.1) is 5.92 Å². The summed E-state index contributed by atoms with van der Waals surface area (Å²) in [5.74, 6) is 1.36. The molecule has 0 spiro atoms. The quantitative estimate of drug-likeness (QED) is 0.634. The maximum atomic E-state index is 11.2. The summed E-state index contributed by atoms with van der Waals surface area (Å²) in [7, 11) is 0. The summed E-state index contributed by atoms with van der Waals surface area (Å²) in [6.07, 6.45) is 6.55. The molecule has 0 saturated carbocycles. The zero-order valence-corrected chi connectivity index (χ0v) is 10.9. The summed E-state index contributed by atoms with van der Waals surface area (Å²) in [5.41, 5.74) is 3.86. The van der Waals surface area contributed by atoms with Crippen LogP contribution in [0.15, 0.2) is 30.4 Å². The van der Waals surface area contributed by atoms with Crippen molar-refractivity contribution in [2.24, 2.45) is 5.92 Å². The fraction of sp³-hybridized carbons (Fsp3) is 0.438. The number of nitrogens with one attached hydrogen (secondary N) is 1. The number of rotatable bonds is 2. The van der Waals surface area contributed by atoms with E-state index in [1.54, 1.807) is 0 Å². The molecule has 1 aromatic rings. The van der Waals surface area contributed by atoms with E-state index in [2.05, 4.69) is 49.5 Å². The second kappa shape index (κ2) is 4.27. The monoisotopic (exact) mass is 241 g/mol. The Bertz CT molecular complexity index is 504. The minimum atomic E-state index is -0.0394. The van der Waals surface area contributed by atoms with Crippen molar-refractivity contribution in [1.29, 1.82) is 0 Å². The molecule has 1 aromatic carbocycles. The highest BCUT2D eigenvalue weighted by Crippen LogP contribution is 2.44. The van der Waals surface area contributed by atoms with Gasteiger partial charge in [0.1, 0.15) is 6.29 Å². The van der Waals surface area contributed by atoms with Gasteiger partial charge in [0.05, 0.1) is 6.04 Å². The molecule has 1 aliphatic carbocycles. The topological polar surface area (TPSA) is 29.1 Å². The molecule has 2 heteroatoms. The Morgan fingerprint density at radius 3 is 2.94 bits per heavy atom. The van der Waals surface area contributed by atoms with Crippen LogP contribution in [0.5, 0.6) is 0 Å². The number of hydrogen-bond acceptors (Lipinski definition) is 2. The van der Waals surface area contributed by atoms with Gasteiger partial charge in [-0.1, -0.05) is 38.1 Å². The van der Waals surface area contributed by atoms with Crippen LogP contribution in [0.2, 0.25) is 0 Å². The van der Waals surface area contributed by atoms with Gasteiger partial charge in [-0.05, 0) is 35.4 Å². The molecule has 0 aromatic heterocycles. The molecule has 3 unspecified atom stereocenters. The molecule has 0 bridgehead atoms. The zero-order valence-electron chi connectivity index (χ0n) is 10.9. The van der Waals surface area contributed by atoms with Crippen LogP contribution in [0.4, 0.5) is 5.69 Å². The first-order valence-corrected chi connectivity index (χ1v) is 6.73. The zero-order chi connectivity index (χ0) is 12.7. The second-order valence-electron chi connectivity index (χ2n) is 5.66. The van der Waals surface area contributed by atoms with E-state index in [0.717, 1.165) is 18.4 Å². The number of fused-ring (bicyclic) bond motifs is 3. The predicted molar refractivity (Wildman–Crippen MR) is 74.0 cm³/mol. The lowest BCUT2D eigenvalue weighted by molar-refractivity contribution is -0.109. The molecule has 1 heterocycles.